The van der Waals surface area contributed by atoms with Gasteiger partial charge in [0.25, 0.3) is 11.5 Å². The fourth-order valence-corrected chi connectivity index (χ4v) is 3.56. The highest BCUT2D eigenvalue weighted by atomic mass is 35.5. The SMILES string of the molecule is COC1CN(CCCCCC(C)=O)CCC1NC(=O)c1cc(Cl)c(N)[nH]c1=O. The number of nitrogen functional groups attached to an aromatic ring is 1. The van der Waals surface area contributed by atoms with Crippen LogP contribution in [0.15, 0.2) is 10.9 Å². The number of hydrogen-bond donors (Lipinski definition) is 3. The number of piperidine rings is 1. The van der Waals surface area contributed by atoms with Crippen molar-refractivity contribution >= 4 is 29.1 Å². The Kier molecular flexibility index (Phi) is 8.47. The molecule has 0 aromatic carbocycles. The Morgan fingerprint density at radius 2 is 2.14 bits per heavy atom. The first-order valence-electron chi connectivity index (χ1n) is 9.55. The van der Waals surface area contributed by atoms with Crippen molar-refractivity contribution in [3.05, 3.63) is 27.0 Å². The number of rotatable bonds is 9. The van der Waals surface area contributed by atoms with Gasteiger partial charge in [0.2, 0.25) is 0 Å². The predicted octanol–water partition coefficient (Wildman–Crippen LogP) is 1.58. The van der Waals surface area contributed by atoms with Gasteiger partial charge in [-0.2, -0.15) is 0 Å². The molecule has 0 aliphatic carbocycles. The maximum Gasteiger partial charge on any atom is 0.262 e. The molecule has 2 heterocycles. The summed E-state index contributed by atoms with van der Waals surface area (Å²) in [4.78, 5) is 40.1. The third-order valence-electron chi connectivity index (χ3n) is 5.03. The van der Waals surface area contributed by atoms with Gasteiger partial charge in [-0.05, 0) is 38.8 Å². The van der Waals surface area contributed by atoms with E-state index in [0.29, 0.717) is 13.0 Å². The van der Waals surface area contributed by atoms with Crippen LogP contribution in [0.4, 0.5) is 5.82 Å². The molecule has 1 amide bonds. The van der Waals surface area contributed by atoms with Crippen LogP contribution in [-0.2, 0) is 9.53 Å². The van der Waals surface area contributed by atoms with Gasteiger partial charge >= 0.3 is 0 Å². The number of nitrogens with one attached hydrogen (secondary N) is 2. The summed E-state index contributed by atoms with van der Waals surface area (Å²) < 4.78 is 5.57. The van der Waals surface area contributed by atoms with Crippen LogP contribution in [0, 0.1) is 0 Å². The number of amides is 1. The van der Waals surface area contributed by atoms with Crippen LogP contribution in [0.25, 0.3) is 0 Å². The fraction of sp³-hybridized carbons (Fsp3) is 0.632. The fourth-order valence-electron chi connectivity index (χ4n) is 3.41. The lowest BCUT2D eigenvalue weighted by Gasteiger charge is -2.38. The van der Waals surface area contributed by atoms with Crippen LogP contribution in [0.2, 0.25) is 5.02 Å². The number of nitrogens with two attached hydrogens (primary N) is 1. The number of carbonyl (C=O) groups is 2. The molecule has 156 valence electrons. The second-order valence-electron chi connectivity index (χ2n) is 7.23. The van der Waals surface area contributed by atoms with Gasteiger partial charge < -0.3 is 30.5 Å². The molecule has 0 spiro atoms. The van der Waals surface area contributed by atoms with E-state index in [1.165, 1.54) is 6.07 Å². The molecule has 9 heteroatoms. The number of hydrogen-bond acceptors (Lipinski definition) is 6. The quantitative estimate of drug-likeness (QED) is 0.530. The Bertz CT molecular complexity index is 752. The van der Waals surface area contributed by atoms with Gasteiger partial charge in [0, 0.05) is 26.6 Å². The number of anilines is 1. The highest BCUT2D eigenvalue weighted by molar-refractivity contribution is 6.33. The van der Waals surface area contributed by atoms with Crippen molar-refractivity contribution in [2.75, 3.05) is 32.5 Å². The monoisotopic (exact) mass is 412 g/mol. The highest BCUT2D eigenvalue weighted by Crippen LogP contribution is 2.17. The Labute approximate surface area is 169 Å². The van der Waals surface area contributed by atoms with Crippen LogP contribution < -0.4 is 16.6 Å². The van der Waals surface area contributed by atoms with Gasteiger partial charge in [-0.15, -0.1) is 0 Å². The average Bonchev–Trinajstić information content (AvgIpc) is 2.65. The standard InChI is InChI=1S/C19H29ClN4O4/c1-12(25)6-4-3-5-8-24-9-7-15(16(11-24)28-2)22-18(26)13-10-14(20)17(21)23-19(13)27/h10,15-16H,3-9,11H2,1-2H3,(H,22,26)(H3,21,23,27). The molecular weight excluding hydrogens is 384 g/mol. The third kappa shape index (κ3) is 6.32. The number of Topliss-reactive ketones (excluding diaryl/α,β-unsaturated/α-hetero) is 1. The molecule has 2 unspecified atom stereocenters. The van der Waals surface area contributed by atoms with Crippen molar-refractivity contribution < 1.29 is 14.3 Å². The Morgan fingerprint density at radius 3 is 2.82 bits per heavy atom. The van der Waals surface area contributed by atoms with Crippen molar-refractivity contribution in [2.45, 2.75) is 51.2 Å². The Hall–Kier alpha value is -1.90. The second-order valence-corrected chi connectivity index (χ2v) is 7.64. The van der Waals surface area contributed by atoms with Crippen LogP contribution in [-0.4, -0.2) is 60.5 Å². The highest BCUT2D eigenvalue weighted by Gasteiger charge is 2.31. The van der Waals surface area contributed by atoms with Gasteiger partial charge in [-0.3, -0.25) is 9.59 Å². The number of ketones is 1. The number of pyridine rings is 1. The minimum absolute atomic E-state index is 0.0367. The summed E-state index contributed by atoms with van der Waals surface area (Å²) in [5.74, 6) is -0.222. The molecule has 0 radical (unpaired) electrons. The summed E-state index contributed by atoms with van der Waals surface area (Å²) in [7, 11) is 1.62. The van der Waals surface area contributed by atoms with E-state index in [2.05, 4.69) is 15.2 Å². The van der Waals surface area contributed by atoms with E-state index in [4.69, 9.17) is 22.1 Å². The van der Waals surface area contributed by atoms with E-state index in [-0.39, 0.29) is 34.3 Å². The van der Waals surface area contributed by atoms with Crippen molar-refractivity contribution in [3.8, 4) is 0 Å². The smallest absolute Gasteiger partial charge is 0.262 e. The van der Waals surface area contributed by atoms with Crippen molar-refractivity contribution in [1.82, 2.24) is 15.2 Å². The van der Waals surface area contributed by atoms with Crippen molar-refractivity contribution in [1.29, 1.82) is 0 Å². The molecule has 0 bridgehead atoms. The zero-order valence-electron chi connectivity index (χ0n) is 16.4. The number of unbranched alkanes of at least 4 members (excludes halogenated alkanes) is 2. The lowest BCUT2D eigenvalue weighted by molar-refractivity contribution is -0.117. The molecular formula is C19H29ClN4O4. The summed E-state index contributed by atoms with van der Waals surface area (Å²) in [6, 6.07) is 1.09. The molecule has 0 saturated carbocycles. The van der Waals surface area contributed by atoms with E-state index in [1.807, 2.05) is 0 Å². The summed E-state index contributed by atoms with van der Waals surface area (Å²) in [6.07, 6.45) is 4.17. The maximum atomic E-state index is 12.5. The second kappa shape index (κ2) is 10.6. The number of ether oxygens (including phenoxy) is 1. The van der Waals surface area contributed by atoms with E-state index < -0.39 is 11.5 Å². The summed E-state index contributed by atoms with van der Waals surface area (Å²) in [5, 5.41) is 3.02. The number of aromatic amines is 1. The molecule has 1 fully saturated rings. The first kappa shape index (κ1) is 22.4. The number of H-pyrrole nitrogens is 1. The van der Waals surface area contributed by atoms with E-state index in [9.17, 15) is 14.4 Å². The number of carbonyl (C=O) groups excluding carboxylic acids is 2. The van der Waals surface area contributed by atoms with Gasteiger partial charge in [-0.1, -0.05) is 18.0 Å². The summed E-state index contributed by atoms with van der Waals surface area (Å²) in [5.41, 5.74) is 4.90. The molecule has 1 aliphatic heterocycles. The Morgan fingerprint density at radius 1 is 1.39 bits per heavy atom. The number of methoxy groups -OCH3 is 1. The lowest BCUT2D eigenvalue weighted by atomic mass is 10.0. The van der Waals surface area contributed by atoms with Gasteiger partial charge in [0.15, 0.2) is 0 Å². The zero-order chi connectivity index (χ0) is 20.7. The predicted molar refractivity (Wildman–Crippen MR) is 109 cm³/mol. The molecule has 1 aromatic heterocycles. The van der Waals surface area contributed by atoms with Gasteiger partial charge in [-0.25, -0.2) is 0 Å². The van der Waals surface area contributed by atoms with Crippen molar-refractivity contribution in [2.24, 2.45) is 0 Å². The number of nitrogens with zero attached hydrogens (tertiary/aromatic N) is 1. The largest absolute Gasteiger partial charge is 0.384 e. The topological polar surface area (TPSA) is 118 Å². The van der Waals surface area contributed by atoms with Crippen LogP contribution in [0.5, 0.6) is 0 Å². The maximum absolute atomic E-state index is 12.5. The first-order valence-corrected chi connectivity index (χ1v) is 9.93. The van der Waals surface area contributed by atoms with E-state index >= 15 is 0 Å². The van der Waals surface area contributed by atoms with Crippen LogP contribution in [0.3, 0.4) is 0 Å². The Balaban J connectivity index is 1.87. The summed E-state index contributed by atoms with van der Waals surface area (Å²) >= 11 is 5.91. The molecule has 8 nitrogen and oxygen atoms in total. The van der Waals surface area contributed by atoms with E-state index in [1.54, 1.807) is 14.0 Å². The van der Waals surface area contributed by atoms with Crippen LogP contribution in [0.1, 0.15) is 49.4 Å². The van der Waals surface area contributed by atoms with Crippen molar-refractivity contribution in [3.63, 3.8) is 0 Å². The normalized spacial score (nSPS) is 20.1. The van der Waals surface area contributed by atoms with Gasteiger partial charge in [0.1, 0.15) is 17.2 Å². The number of halogens is 1. The molecule has 28 heavy (non-hydrogen) atoms. The number of aromatic nitrogens is 1. The third-order valence-corrected chi connectivity index (χ3v) is 5.34. The minimum atomic E-state index is -0.573. The minimum Gasteiger partial charge on any atom is -0.384 e. The zero-order valence-corrected chi connectivity index (χ0v) is 17.2. The van der Waals surface area contributed by atoms with Crippen LogP contribution >= 0.6 is 11.6 Å². The molecule has 1 aromatic rings. The molecule has 4 N–H and O–H groups in total. The molecule has 1 saturated heterocycles. The average molecular weight is 413 g/mol. The number of likely N-dealkylation sites (tertiary alicyclic amines) is 1. The molecule has 2 atom stereocenters. The van der Waals surface area contributed by atoms with E-state index in [0.717, 1.165) is 38.8 Å². The molecule has 2 rings (SSSR count). The molecule has 1 aliphatic rings. The first-order chi connectivity index (χ1) is 13.3. The lowest BCUT2D eigenvalue weighted by Crippen LogP contribution is -2.55. The summed E-state index contributed by atoms with van der Waals surface area (Å²) in [6.45, 7) is 4.09. The van der Waals surface area contributed by atoms with Gasteiger partial charge in [0.05, 0.1) is 17.2 Å².